The minimum Gasteiger partial charge on any atom is -0.467 e. The topological polar surface area (TPSA) is 29.8 Å². The van der Waals surface area contributed by atoms with Gasteiger partial charge in [0.2, 0.25) is 0 Å². The summed E-state index contributed by atoms with van der Waals surface area (Å²) in [7, 11) is 2.24. The van der Waals surface area contributed by atoms with E-state index in [-0.39, 0.29) is 11.8 Å². The molecule has 6 atom stereocenters. The predicted molar refractivity (Wildman–Crippen MR) is 153 cm³/mol. The molecule has 190 valence electrons. The fraction of sp³-hybridized carbons (Fsp3) is 0.424. The lowest BCUT2D eigenvalue weighted by Crippen LogP contribution is -2.38. The first-order valence-corrected chi connectivity index (χ1v) is 13.9. The standard InChI is InChI=1S/C33H37N3O/c1-20-14-15-24-27(18-20)36(26-13-8-16-33(4)25(26)12-9-17-34-33)28-19-22(3)30-31(29(24)28)37-32(35(30)5)23-11-7-6-10-21(23)2/h6-15,17,20-23,32H,16,18-19H2,1-5H3. The van der Waals surface area contributed by atoms with Gasteiger partial charge in [0.15, 0.2) is 12.0 Å². The molecule has 0 spiro atoms. The van der Waals surface area contributed by atoms with Crippen molar-refractivity contribution >= 4 is 23.7 Å². The molecule has 1 aromatic rings. The Kier molecular flexibility index (Phi) is 5.02. The van der Waals surface area contributed by atoms with Crippen LogP contribution >= 0.6 is 0 Å². The van der Waals surface area contributed by atoms with Crippen molar-refractivity contribution in [2.75, 3.05) is 7.05 Å². The van der Waals surface area contributed by atoms with Crippen LogP contribution in [0.2, 0.25) is 0 Å². The number of dihydropyridines is 1. The number of nitrogens with zero attached hydrogens (tertiary/aromatic N) is 3. The van der Waals surface area contributed by atoms with Crippen LogP contribution in [0.1, 0.15) is 56.6 Å². The molecule has 0 aromatic carbocycles. The Balaban J connectivity index is 1.42. The van der Waals surface area contributed by atoms with E-state index in [1.807, 2.05) is 6.21 Å². The van der Waals surface area contributed by atoms with E-state index in [0.29, 0.717) is 23.7 Å². The van der Waals surface area contributed by atoms with E-state index >= 15 is 0 Å². The maximum absolute atomic E-state index is 7.01. The molecule has 4 aliphatic carbocycles. The Morgan fingerprint density at radius 1 is 0.973 bits per heavy atom. The molecule has 6 unspecified atom stereocenters. The van der Waals surface area contributed by atoms with Crippen LogP contribution in [0, 0.1) is 23.7 Å². The summed E-state index contributed by atoms with van der Waals surface area (Å²) in [5.74, 6) is 2.79. The molecule has 4 heteroatoms. The van der Waals surface area contributed by atoms with Crippen molar-refractivity contribution < 1.29 is 4.74 Å². The molecular weight excluding hydrogens is 454 g/mol. The summed E-state index contributed by atoms with van der Waals surface area (Å²) in [6, 6.07) is 0. The molecule has 7 rings (SSSR count). The van der Waals surface area contributed by atoms with Crippen LogP contribution < -0.4 is 0 Å². The number of rotatable bonds is 2. The van der Waals surface area contributed by atoms with Crippen molar-refractivity contribution in [1.29, 1.82) is 0 Å². The van der Waals surface area contributed by atoms with Gasteiger partial charge in [-0.2, -0.15) is 0 Å². The average Bonchev–Trinajstić information content (AvgIpc) is 3.38. The van der Waals surface area contributed by atoms with Gasteiger partial charge in [0.1, 0.15) is 0 Å². The van der Waals surface area contributed by atoms with Crippen LogP contribution in [-0.4, -0.2) is 34.5 Å². The molecule has 0 amide bonds. The maximum Gasteiger partial charge on any atom is 0.179 e. The number of aliphatic imine (C=N–C) groups is 1. The first-order valence-electron chi connectivity index (χ1n) is 13.9. The van der Waals surface area contributed by atoms with Gasteiger partial charge in [0.25, 0.3) is 0 Å². The van der Waals surface area contributed by atoms with Gasteiger partial charge in [-0.1, -0.05) is 69.4 Å². The first-order chi connectivity index (χ1) is 17.9. The fourth-order valence-electron chi connectivity index (χ4n) is 7.38. The van der Waals surface area contributed by atoms with Gasteiger partial charge in [0, 0.05) is 53.2 Å². The van der Waals surface area contributed by atoms with Gasteiger partial charge in [0.05, 0.1) is 16.9 Å². The zero-order valence-electron chi connectivity index (χ0n) is 22.6. The Morgan fingerprint density at radius 3 is 2.65 bits per heavy atom. The second-order valence-electron chi connectivity index (χ2n) is 12.0. The van der Waals surface area contributed by atoms with Gasteiger partial charge in [-0.3, -0.25) is 4.99 Å². The summed E-state index contributed by atoms with van der Waals surface area (Å²) < 4.78 is 9.61. The summed E-state index contributed by atoms with van der Waals surface area (Å²) in [5.41, 5.74) is 9.27. The van der Waals surface area contributed by atoms with Crippen LogP contribution in [0.25, 0.3) is 17.5 Å². The SMILES string of the molecule is CC1C=Cc2c3c(n(C4=C5C=CC=NC5(C)CC=C4)c2C1)CC(C)C1=C3OC(C2C=CC=CC2C)N1C. The first kappa shape index (κ1) is 22.9. The Hall–Kier alpha value is -3.27. The van der Waals surface area contributed by atoms with Crippen LogP contribution in [0.4, 0.5) is 0 Å². The number of hydrogen-bond acceptors (Lipinski definition) is 3. The van der Waals surface area contributed by atoms with Crippen molar-refractivity contribution in [2.24, 2.45) is 28.7 Å². The van der Waals surface area contributed by atoms with E-state index in [0.717, 1.165) is 25.0 Å². The normalized spacial score (nSPS) is 35.1. The minimum absolute atomic E-state index is 0.0237. The summed E-state index contributed by atoms with van der Waals surface area (Å²) >= 11 is 0. The van der Waals surface area contributed by atoms with Crippen molar-refractivity contribution in [1.82, 2.24) is 9.47 Å². The second-order valence-corrected chi connectivity index (χ2v) is 12.0. The van der Waals surface area contributed by atoms with E-state index in [2.05, 4.69) is 105 Å². The van der Waals surface area contributed by atoms with Crippen molar-refractivity contribution in [3.63, 3.8) is 0 Å². The van der Waals surface area contributed by atoms with Crippen molar-refractivity contribution in [3.05, 3.63) is 88.5 Å². The van der Waals surface area contributed by atoms with Crippen molar-refractivity contribution in [2.45, 2.75) is 58.7 Å². The number of fused-ring (bicyclic) bond motifs is 5. The highest BCUT2D eigenvalue weighted by Crippen LogP contribution is 2.51. The Bertz CT molecular complexity index is 1420. The highest BCUT2D eigenvalue weighted by molar-refractivity contribution is 5.85. The molecule has 0 N–H and O–H groups in total. The second kappa shape index (κ2) is 8.11. The Labute approximate surface area is 220 Å². The van der Waals surface area contributed by atoms with Gasteiger partial charge >= 0.3 is 0 Å². The zero-order valence-corrected chi connectivity index (χ0v) is 22.6. The monoisotopic (exact) mass is 491 g/mol. The van der Waals surface area contributed by atoms with E-state index in [1.54, 1.807) is 0 Å². The molecule has 3 heterocycles. The van der Waals surface area contributed by atoms with Gasteiger partial charge in [-0.25, -0.2) is 0 Å². The molecule has 2 aliphatic heterocycles. The predicted octanol–water partition coefficient (Wildman–Crippen LogP) is 6.79. The van der Waals surface area contributed by atoms with Gasteiger partial charge < -0.3 is 14.2 Å². The van der Waals surface area contributed by atoms with Crippen LogP contribution in [0.15, 0.2) is 70.9 Å². The Morgan fingerprint density at radius 2 is 1.81 bits per heavy atom. The molecule has 6 aliphatic rings. The van der Waals surface area contributed by atoms with E-state index in [9.17, 15) is 0 Å². The molecule has 0 saturated carbocycles. The lowest BCUT2D eigenvalue weighted by Gasteiger charge is -2.34. The smallest absolute Gasteiger partial charge is 0.179 e. The summed E-state index contributed by atoms with van der Waals surface area (Å²) in [6.45, 7) is 9.27. The van der Waals surface area contributed by atoms with Gasteiger partial charge in [-0.15, -0.1) is 0 Å². The van der Waals surface area contributed by atoms with E-state index < -0.39 is 0 Å². The minimum atomic E-state index is -0.199. The molecule has 37 heavy (non-hydrogen) atoms. The van der Waals surface area contributed by atoms with Crippen molar-refractivity contribution in [3.8, 4) is 0 Å². The number of hydrogen-bond donors (Lipinski definition) is 0. The quantitative estimate of drug-likeness (QED) is 0.456. The van der Waals surface area contributed by atoms with Crippen LogP contribution in [-0.2, 0) is 17.6 Å². The maximum atomic E-state index is 7.01. The summed E-state index contributed by atoms with van der Waals surface area (Å²) in [5, 5.41) is 0. The van der Waals surface area contributed by atoms with E-state index in [1.165, 1.54) is 39.5 Å². The summed E-state index contributed by atoms with van der Waals surface area (Å²) in [4.78, 5) is 7.36. The van der Waals surface area contributed by atoms with Crippen LogP contribution in [0.3, 0.4) is 0 Å². The lowest BCUT2D eigenvalue weighted by molar-refractivity contribution is 0.0281. The molecule has 0 saturated heterocycles. The molecule has 1 aromatic heterocycles. The molecule has 4 nitrogen and oxygen atoms in total. The fourth-order valence-corrected chi connectivity index (χ4v) is 7.38. The molecule has 0 bridgehead atoms. The largest absolute Gasteiger partial charge is 0.467 e. The van der Waals surface area contributed by atoms with Crippen LogP contribution in [0.5, 0.6) is 0 Å². The third-order valence-corrected chi connectivity index (χ3v) is 9.33. The van der Waals surface area contributed by atoms with Gasteiger partial charge in [-0.05, 0) is 50.2 Å². The van der Waals surface area contributed by atoms with E-state index in [4.69, 9.17) is 9.73 Å². The lowest BCUT2D eigenvalue weighted by atomic mass is 9.82. The zero-order chi connectivity index (χ0) is 25.5. The number of ether oxygens (including phenoxy) is 1. The summed E-state index contributed by atoms with van der Waals surface area (Å²) in [6.07, 6.45) is 27.7. The number of allylic oxidation sites excluding steroid dienone is 8. The average molecular weight is 492 g/mol. The highest BCUT2D eigenvalue weighted by Gasteiger charge is 2.46. The molecular formula is C33H37N3O. The molecule has 0 fully saturated rings. The third kappa shape index (κ3) is 3.24. The number of aromatic nitrogens is 1. The molecule has 0 radical (unpaired) electrons. The highest BCUT2D eigenvalue weighted by atomic mass is 16.5. The third-order valence-electron chi connectivity index (χ3n) is 9.33.